The first-order chi connectivity index (χ1) is 3.72. The van der Waals surface area contributed by atoms with Crippen LogP contribution < -0.4 is 5.73 Å². The molecule has 0 heterocycles. The maximum atomic E-state index is 6.97. The van der Waals surface area contributed by atoms with Crippen LogP contribution in [0.15, 0.2) is 0 Å². The molecule has 0 atom stereocenters. The highest BCUT2D eigenvalue weighted by atomic mass is 15.2. The fraction of sp³-hybridized carbons (Fsp3) is 0.800. The third kappa shape index (κ3) is 0.911. The van der Waals surface area contributed by atoms with Crippen molar-refractivity contribution >= 4 is 5.96 Å². The molecule has 0 saturated heterocycles. The Labute approximate surface area is 49.0 Å². The van der Waals surface area contributed by atoms with E-state index in [1.54, 1.807) is 4.90 Å². The van der Waals surface area contributed by atoms with E-state index in [1.165, 1.54) is 12.8 Å². The van der Waals surface area contributed by atoms with Crippen molar-refractivity contribution in [2.75, 3.05) is 7.05 Å². The van der Waals surface area contributed by atoms with Crippen LogP contribution in [0.25, 0.3) is 0 Å². The quantitative estimate of drug-likeness (QED) is 0.370. The van der Waals surface area contributed by atoms with Gasteiger partial charge in [0.15, 0.2) is 5.96 Å². The highest BCUT2D eigenvalue weighted by Crippen LogP contribution is 2.24. The molecule has 1 rings (SSSR count). The van der Waals surface area contributed by atoms with E-state index in [1.807, 2.05) is 7.05 Å². The SMILES string of the molecule is CN(C(=N)N)C1CC1. The lowest BCUT2D eigenvalue weighted by molar-refractivity contribution is 0.487. The van der Waals surface area contributed by atoms with E-state index < -0.39 is 0 Å². The fourth-order valence-corrected chi connectivity index (χ4v) is 0.659. The molecule has 0 aromatic heterocycles. The topological polar surface area (TPSA) is 53.1 Å². The average Bonchev–Trinajstić information content (AvgIpc) is 2.43. The zero-order valence-electron chi connectivity index (χ0n) is 5.02. The van der Waals surface area contributed by atoms with Gasteiger partial charge in [0.2, 0.25) is 0 Å². The molecule has 0 amide bonds. The molecule has 0 spiro atoms. The van der Waals surface area contributed by atoms with Crippen molar-refractivity contribution in [3.8, 4) is 0 Å². The monoisotopic (exact) mass is 113 g/mol. The smallest absolute Gasteiger partial charge is 0.188 e. The molecule has 0 bridgehead atoms. The van der Waals surface area contributed by atoms with Crippen molar-refractivity contribution in [3.05, 3.63) is 0 Å². The van der Waals surface area contributed by atoms with Crippen LogP contribution in [0.4, 0.5) is 0 Å². The van der Waals surface area contributed by atoms with Gasteiger partial charge in [0.05, 0.1) is 0 Å². The Morgan fingerprint density at radius 3 is 2.38 bits per heavy atom. The number of rotatable bonds is 1. The second kappa shape index (κ2) is 1.65. The standard InChI is InChI=1S/C5H11N3/c1-8(5(6)7)4-2-3-4/h4H,2-3H2,1H3,(H3,6,7). The molecule has 1 aliphatic rings. The maximum absolute atomic E-state index is 6.97. The summed E-state index contributed by atoms with van der Waals surface area (Å²) in [5, 5.41) is 6.97. The molecule has 3 N–H and O–H groups in total. The van der Waals surface area contributed by atoms with Gasteiger partial charge in [-0.05, 0) is 12.8 Å². The summed E-state index contributed by atoms with van der Waals surface area (Å²) in [7, 11) is 1.86. The normalized spacial score (nSPS) is 18.1. The van der Waals surface area contributed by atoms with E-state index in [9.17, 15) is 0 Å². The first-order valence-electron chi connectivity index (χ1n) is 2.78. The summed E-state index contributed by atoms with van der Waals surface area (Å²) in [4.78, 5) is 1.81. The summed E-state index contributed by atoms with van der Waals surface area (Å²) in [5.74, 6) is 0.188. The summed E-state index contributed by atoms with van der Waals surface area (Å²) < 4.78 is 0. The van der Waals surface area contributed by atoms with Crippen LogP contribution in [-0.2, 0) is 0 Å². The van der Waals surface area contributed by atoms with E-state index in [-0.39, 0.29) is 5.96 Å². The number of nitrogens with one attached hydrogen (secondary N) is 1. The Morgan fingerprint density at radius 2 is 2.25 bits per heavy atom. The van der Waals surface area contributed by atoms with Crippen LogP contribution in [-0.4, -0.2) is 23.9 Å². The highest BCUT2D eigenvalue weighted by molar-refractivity contribution is 5.74. The van der Waals surface area contributed by atoms with Gasteiger partial charge in [-0.3, -0.25) is 5.41 Å². The molecule has 1 aliphatic carbocycles. The summed E-state index contributed by atoms with van der Waals surface area (Å²) in [6.07, 6.45) is 2.41. The molecule has 3 nitrogen and oxygen atoms in total. The molecule has 46 valence electrons. The molecular weight excluding hydrogens is 102 g/mol. The lowest BCUT2D eigenvalue weighted by Crippen LogP contribution is -2.34. The molecule has 8 heavy (non-hydrogen) atoms. The van der Waals surface area contributed by atoms with Gasteiger partial charge in [0, 0.05) is 13.1 Å². The third-order valence-electron chi connectivity index (χ3n) is 1.47. The highest BCUT2D eigenvalue weighted by Gasteiger charge is 2.26. The van der Waals surface area contributed by atoms with E-state index in [0.717, 1.165) is 0 Å². The van der Waals surface area contributed by atoms with Crippen LogP contribution in [0.3, 0.4) is 0 Å². The molecule has 0 aromatic carbocycles. The number of guanidine groups is 1. The largest absolute Gasteiger partial charge is 0.370 e. The van der Waals surface area contributed by atoms with Crippen molar-refractivity contribution in [2.24, 2.45) is 5.73 Å². The molecule has 0 aliphatic heterocycles. The molecule has 3 heteroatoms. The Bertz CT molecular complexity index is 106. The molecule has 1 saturated carbocycles. The van der Waals surface area contributed by atoms with Crippen molar-refractivity contribution in [1.82, 2.24) is 4.90 Å². The van der Waals surface area contributed by atoms with Gasteiger partial charge in [-0.1, -0.05) is 0 Å². The van der Waals surface area contributed by atoms with Crippen LogP contribution >= 0.6 is 0 Å². The Kier molecular flexibility index (Phi) is 1.12. The van der Waals surface area contributed by atoms with Gasteiger partial charge in [-0.25, -0.2) is 0 Å². The minimum atomic E-state index is 0.188. The fourth-order valence-electron chi connectivity index (χ4n) is 0.659. The first-order valence-corrected chi connectivity index (χ1v) is 2.78. The average molecular weight is 113 g/mol. The summed E-state index contributed by atoms with van der Waals surface area (Å²) in [5.41, 5.74) is 5.19. The minimum absolute atomic E-state index is 0.188. The van der Waals surface area contributed by atoms with Gasteiger partial charge >= 0.3 is 0 Å². The van der Waals surface area contributed by atoms with E-state index in [2.05, 4.69) is 0 Å². The molecular formula is C5H11N3. The van der Waals surface area contributed by atoms with Crippen molar-refractivity contribution < 1.29 is 0 Å². The summed E-state index contributed by atoms with van der Waals surface area (Å²) in [6, 6.07) is 0.576. The van der Waals surface area contributed by atoms with Gasteiger partial charge in [0.25, 0.3) is 0 Å². The lowest BCUT2D eigenvalue weighted by atomic mass is 10.6. The maximum Gasteiger partial charge on any atom is 0.188 e. The zero-order valence-corrected chi connectivity index (χ0v) is 5.02. The second-order valence-corrected chi connectivity index (χ2v) is 2.23. The molecule has 0 unspecified atom stereocenters. The number of nitrogens with zero attached hydrogens (tertiary/aromatic N) is 1. The van der Waals surface area contributed by atoms with Gasteiger partial charge in [0.1, 0.15) is 0 Å². The first kappa shape index (κ1) is 5.41. The minimum Gasteiger partial charge on any atom is -0.370 e. The molecule has 0 radical (unpaired) electrons. The third-order valence-corrected chi connectivity index (χ3v) is 1.47. The zero-order chi connectivity index (χ0) is 6.15. The van der Waals surface area contributed by atoms with Gasteiger partial charge < -0.3 is 10.6 Å². The van der Waals surface area contributed by atoms with Crippen LogP contribution in [0, 0.1) is 5.41 Å². The number of hydrogen-bond donors (Lipinski definition) is 2. The summed E-state index contributed by atoms with van der Waals surface area (Å²) in [6.45, 7) is 0. The van der Waals surface area contributed by atoms with E-state index >= 15 is 0 Å². The van der Waals surface area contributed by atoms with Crippen LogP contribution in [0.2, 0.25) is 0 Å². The van der Waals surface area contributed by atoms with Crippen molar-refractivity contribution in [3.63, 3.8) is 0 Å². The molecule has 0 aromatic rings. The molecule has 1 fully saturated rings. The Balaban J connectivity index is 2.32. The number of hydrogen-bond acceptors (Lipinski definition) is 1. The van der Waals surface area contributed by atoms with Crippen LogP contribution in [0.5, 0.6) is 0 Å². The Hall–Kier alpha value is -0.730. The van der Waals surface area contributed by atoms with Crippen LogP contribution in [0.1, 0.15) is 12.8 Å². The van der Waals surface area contributed by atoms with E-state index in [0.29, 0.717) is 6.04 Å². The van der Waals surface area contributed by atoms with Gasteiger partial charge in [-0.2, -0.15) is 0 Å². The van der Waals surface area contributed by atoms with Gasteiger partial charge in [-0.15, -0.1) is 0 Å². The predicted molar refractivity (Wildman–Crippen MR) is 32.7 cm³/mol. The number of nitrogens with two attached hydrogens (primary N) is 1. The Morgan fingerprint density at radius 1 is 1.75 bits per heavy atom. The van der Waals surface area contributed by atoms with Crippen molar-refractivity contribution in [1.29, 1.82) is 5.41 Å². The van der Waals surface area contributed by atoms with E-state index in [4.69, 9.17) is 11.1 Å². The lowest BCUT2D eigenvalue weighted by Gasteiger charge is -2.14. The van der Waals surface area contributed by atoms with Crippen molar-refractivity contribution in [2.45, 2.75) is 18.9 Å². The summed E-state index contributed by atoms with van der Waals surface area (Å²) >= 11 is 0. The second-order valence-electron chi connectivity index (χ2n) is 2.23. The predicted octanol–water partition coefficient (Wildman–Crippen LogP) is -0.0259.